The normalized spacial score (nSPS) is 17.6. The standard InChI is InChI=1S/C15H19N3O2/c1-11-17-15(20-18-11)6-8-16-10-12-7-9-19-14-5-3-2-4-13(12)14/h2-5,12,16H,6-10H2,1H3. The molecule has 0 saturated heterocycles. The van der Waals surface area contributed by atoms with E-state index in [1.54, 1.807) is 0 Å². The van der Waals surface area contributed by atoms with Crippen molar-refractivity contribution in [2.45, 2.75) is 25.7 Å². The summed E-state index contributed by atoms with van der Waals surface area (Å²) in [6.07, 6.45) is 1.83. The minimum Gasteiger partial charge on any atom is -0.493 e. The number of ether oxygens (including phenoxy) is 1. The van der Waals surface area contributed by atoms with Crippen LogP contribution in [0.2, 0.25) is 0 Å². The second kappa shape index (κ2) is 6.05. The van der Waals surface area contributed by atoms with E-state index in [2.05, 4.69) is 27.6 Å². The second-order valence-electron chi connectivity index (χ2n) is 5.06. The molecular weight excluding hydrogens is 254 g/mol. The first-order valence-corrected chi connectivity index (χ1v) is 7.04. The molecule has 0 aliphatic carbocycles. The van der Waals surface area contributed by atoms with E-state index >= 15 is 0 Å². The number of rotatable bonds is 5. The van der Waals surface area contributed by atoms with Crippen LogP contribution in [0.5, 0.6) is 5.75 Å². The van der Waals surface area contributed by atoms with Crippen LogP contribution in [0.4, 0.5) is 0 Å². The predicted octanol–water partition coefficient (Wildman–Crippen LogP) is 2.08. The molecule has 1 aliphatic heterocycles. The Balaban J connectivity index is 1.50. The van der Waals surface area contributed by atoms with Crippen LogP contribution in [0, 0.1) is 6.92 Å². The van der Waals surface area contributed by atoms with E-state index < -0.39 is 0 Å². The fraction of sp³-hybridized carbons (Fsp3) is 0.467. The van der Waals surface area contributed by atoms with E-state index in [9.17, 15) is 0 Å². The van der Waals surface area contributed by atoms with Crippen LogP contribution in [0.3, 0.4) is 0 Å². The average Bonchev–Trinajstić information content (AvgIpc) is 2.89. The van der Waals surface area contributed by atoms with Gasteiger partial charge in [-0.3, -0.25) is 0 Å². The van der Waals surface area contributed by atoms with Gasteiger partial charge in [-0.05, 0) is 25.0 Å². The summed E-state index contributed by atoms with van der Waals surface area (Å²) in [5.41, 5.74) is 1.31. The Morgan fingerprint density at radius 1 is 1.35 bits per heavy atom. The van der Waals surface area contributed by atoms with Crippen LogP contribution in [-0.2, 0) is 6.42 Å². The topological polar surface area (TPSA) is 60.2 Å². The first kappa shape index (κ1) is 13.1. The Kier molecular flexibility index (Phi) is 3.97. The first-order chi connectivity index (χ1) is 9.83. The molecule has 1 aromatic heterocycles. The van der Waals surface area contributed by atoms with Gasteiger partial charge in [-0.2, -0.15) is 4.98 Å². The van der Waals surface area contributed by atoms with Crippen molar-refractivity contribution in [3.05, 3.63) is 41.5 Å². The van der Waals surface area contributed by atoms with Crippen molar-refractivity contribution in [2.24, 2.45) is 0 Å². The molecule has 1 unspecified atom stereocenters. The average molecular weight is 273 g/mol. The number of aromatic nitrogens is 2. The van der Waals surface area contributed by atoms with E-state index in [1.807, 2.05) is 19.1 Å². The van der Waals surface area contributed by atoms with Crippen molar-refractivity contribution in [3.63, 3.8) is 0 Å². The third-order valence-electron chi connectivity index (χ3n) is 3.56. The van der Waals surface area contributed by atoms with Gasteiger partial charge in [-0.25, -0.2) is 0 Å². The highest BCUT2D eigenvalue weighted by molar-refractivity contribution is 5.37. The SMILES string of the molecule is Cc1noc(CCNCC2CCOc3ccccc32)n1. The van der Waals surface area contributed by atoms with Crippen molar-refractivity contribution in [1.29, 1.82) is 0 Å². The summed E-state index contributed by atoms with van der Waals surface area (Å²) in [5, 5.41) is 7.25. The molecule has 2 heterocycles. The molecule has 1 atom stereocenters. The molecule has 20 heavy (non-hydrogen) atoms. The van der Waals surface area contributed by atoms with Gasteiger partial charge < -0.3 is 14.6 Å². The van der Waals surface area contributed by atoms with Gasteiger partial charge in [-0.1, -0.05) is 23.4 Å². The van der Waals surface area contributed by atoms with Gasteiger partial charge in [0, 0.05) is 25.4 Å². The highest BCUT2D eigenvalue weighted by Crippen LogP contribution is 2.32. The summed E-state index contributed by atoms with van der Waals surface area (Å²) in [7, 11) is 0. The highest BCUT2D eigenvalue weighted by Gasteiger charge is 2.20. The zero-order valence-electron chi connectivity index (χ0n) is 11.6. The molecule has 0 bridgehead atoms. The van der Waals surface area contributed by atoms with Gasteiger partial charge in [0.2, 0.25) is 5.89 Å². The zero-order chi connectivity index (χ0) is 13.8. The summed E-state index contributed by atoms with van der Waals surface area (Å²) >= 11 is 0. The van der Waals surface area contributed by atoms with E-state index in [-0.39, 0.29) is 0 Å². The summed E-state index contributed by atoms with van der Waals surface area (Å²) in [6, 6.07) is 8.29. The molecule has 0 amide bonds. The number of hydrogen-bond donors (Lipinski definition) is 1. The quantitative estimate of drug-likeness (QED) is 0.845. The number of nitrogens with zero attached hydrogens (tertiary/aromatic N) is 2. The third-order valence-corrected chi connectivity index (χ3v) is 3.56. The molecule has 5 nitrogen and oxygen atoms in total. The Bertz CT molecular complexity index is 568. The molecule has 106 valence electrons. The fourth-order valence-electron chi connectivity index (χ4n) is 2.54. The number of hydrogen-bond acceptors (Lipinski definition) is 5. The minimum atomic E-state index is 0.518. The molecule has 1 aliphatic rings. The lowest BCUT2D eigenvalue weighted by Crippen LogP contribution is -2.27. The molecule has 3 rings (SSSR count). The second-order valence-corrected chi connectivity index (χ2v) is 5.06. The van der Waals surface area contributed by atoms with Gasteiger partial charge in [0.25, 0.3) is 0 Å². The summed E-state index contributed by atoms with van der Waals surface area (Å²) in [5.74, 6) is 2.93. The molecule has 0 saturated carbocycles. The fourth-order valence-corrected chi connectivity index (χ4v) is 2.54. The van der Waals surface area contributed by atoms with Crippen LogP contribution in [0.15, 0.2) is 28.8 Å². The number of benzene rings is 1. The molecule has 0 fully saturated rings. The third kappa shape index (κ3) is 2.99. The van der Waals surface area contributed by atoms with E-state index in [0.29, 0.717) is 17.6 Å². The van der Waals surface area contributed by atoms with Crippen LogP contribution in [-0.4, -0.2) is 29.8 Å². The van der Waals surface area contributed by atoms with Gasteiger partial charge in [0.05, 0.1) is 6.61 Å². The largest absolute Gasteiger partial charge is 0.493 e. The predicted molar refractivity (Wildman–Crippen MR) is 74.9 cm³/mol. The molecular formula is C15H19N3O2. The van der Waals surface area contributed by atoms with Crippen LogP contribution in [0.1, 0.15) is 29.6 Å². The molecule has 1 N–H and O–H groups in total. The van der Waals surface area contributed by atoms with Crippen molar-refractivity contribution in [2.75, 3.05) is 19.7 Å². The van der Waals surface area contributed by atoms with Crippen molar-refractivity contribution in [3.8, 4) is 5.75 Å². The number of para-hydroxylation sites is 1. The maximum atomic E-state index is 5.67. The smallest absolute Gasteiger partial charge is 0.227 e. The number of fused-ring (bicyclic) bond motifs is 1. The van der Waals surface area contributed by atoms with E-state index in [1.165, 1.54) is 5.56 Å². The van der Waals surface area contributed by atoms with Gasteiger partial charge in [0.1, 0.15) is 5.75 Å². The first-order valence-electron chi connectivity index (χ1n) is 7.04. The van der Waals surface area contributed by atoms with Gasteiger partial charge in [-0.15, -0.1) is 0 Å². The van der Waals surface area contributed by atoms with Crippen molar-refractivity contribution < 1.29 is 9.26 Å². The van der Waals surface area contributed by atoms with Crippen molar-refractivity contribution in [1.82, 2.24) is 15.5 Å². The Morgan fingerprint density at radius 2 is 2.25 bits per heavy atom. The van der Waals surface area contributed by atoms with Crippen molar-refractivity contribution >= 4 is 0 Å². The lowest BCUT2D eigenvalue weighted by Gasteiger charge is -2.26. The summed E-state index contributed by atoms with van der Waals surface area (Å²) < 4.78 is 10.8. The molecule has 0 spiro atoms. The monoisotopic (exact) mass is 273 g/mol. The highest BCUT2D eigenvalue weighted by atomic mass is 16.5. The van der Waals surface area contributed by atoms with Gasteiger partial charge >= 0.3 is 0 Å². The number of aryl methyl sites for hydroxylation is 1. The van der Waals surface area contributed by atoms with Crippen LogP contribution < -0.4 is 10.1 Å². The zero-order valence-corrected chi connectivity index (χ0v) is 11.6. The molecule has 1 aromatic carbocycles. The molecule has 2 aromatic rings. The maximum absolute atomic E-state index is 5.67. The Labute approximate surface area is 118 Å². The minimum absolute atomic E-state index is 0.518. The Hall–Kier alpha value is -1.88. The maximum Gasteiger partial charge on any atom is 0.227 e. The Morgan fingerprint density at radius 3 is 3.10 bits per heavy atom. The lowest BCUT2D eigenvalue weighted by molar-refractivity contribution is 0.264. The molecule has 5 heteroatoms. The molecule has 0 radical (unpaired) electrons. The van der Waals surface area contributed by atoms with Crippen LogP contribution in [0.25, 0.3) is 0 Å². The van der Waals surface area contributed by atoms with Gasteiger partial charge in [0.15, 0.2) is 5.82 Å². The summed E-state index contributed by atoms with van der Waals surface area (Å²) in [6.45, 7) is 4.43. The van der Waals surface area contributed by atoms with Crippen LogP contribution >= 0.6 is 0 Å². The summed E-state index contributed by atoms with van der Waals surface area (Å²) in [4.78, 5) is 4.19. The lowest BCUT2D eigenvalue weighted by atomic mass is 9.93. The van der Waals surface area contributed by atoms with E-state index in [0.717, 1.165) is 38.3 Å². The number of nitrogens with one attached hydrogen (secondary N) is 1. The van der Waals surface area contributed by atoms with E-state index in [4.69, 9.17) is 9.26 Å².